The zero-order valence-electron chi connectivity index (χ0n) is 12.4. The molecule has 3 aromatic rings. The summed E-state index contributed by atoms with van der Waals surface area (Å²) in [6, 6.07) is 12.9. The Labute approximate surface area is 137 Å². The number of aromatic nitrogens is 2. The molecule has 1 aromatic carbocycles. The Morgan fingerprint density at radius 1 is 1.26 bits per heavy atom. The molecule has 0 bridgehead atoms. The molecule has 1 unspecified atom stereocenters. The first kappa shape index (κ1) is 15.3. The number of anilines is 2. The topological polar surface area (TPSA) is 75.1 Å². The highest BCUT2D eigenvalue weighted by Crippen LogP contribution is 2.27. The molecular formula is C17H15N3O2S. The summed E-state index contributed by atoms with van der Waals surface area (Å²) in [7, 11) is 0. The Morgan fingerprint density at radius 3 is 2.87 bits per heavy atom. The molecule has 2 N–H and O–H groups in total. The largest absolute Gasteiger partial charge is 0.389 e. The van der Waals surface area contributed by atoms with Crippen molar-refractivity contribution in [1.82, 2.24) is 9.97 Å². The van der Waals surface area contributed by atoms with E-state index >= 15 is 0 Å². The van der Waals surface area contributed by atoms with Gasteiger partial charge < -0.3 is 10.4 Å². The van der Waals surface area contributed by atoms with Gasteiger partial charge in [-0.3, -0.25) is 4.79 Å². The Kier molecular flexibility index (Phi) is 4.45. The minimum Gasteiger partial charge on any atom is -0.389 e. The number of aliphatic hydroxyl groups excluding tert-OH is 1. The summed E-state index contributed by atoms with van der Waals surface area (Å²) < 4.78 is 0. The lowest BCUT2D eigenvalue weighted by Gasteiger charge is -2.09. The first-order valence-electron chi connectivity index (χ1n) is 7.09. The van der Waals surface area contributed by atoms with E-state index in [0.717, 1.165) is 28.1 Å². The number of nitrogens with one attached hydrogen (secondary N) is 1. The van der Waals surface area contributed by atoms with E-state index in [9.17, 15) is 9.90 Å². The fraction of sp³-hybridized carbons (Fsp3) is 0.118. The average molecular weight is 325 g/mol. The molecular weight excluding hydrogens is 310 g/mol. The molecule has 23 heavy (non-hydrogen) atoms. The van der Waals surface area contributed by atoms with Gasteiger partial charge in [0.15, 0.2) is 6.29 Å². The van der Waals surface area contributed by atoms with Gasteiger partial charge in [-0.15, -0.1) is 11.3 Å². The Bertz CT molecular complexity index is 830. The van der Waals surface area contributed by atoms with Crippen molar-refractivity contribution in [3.63, 3.8) is 0 Å². The quantitative estimate of drug-likeness (QED) is 0.698. The van der Waals surface area contributed by atoms with Crippen LogP contribution in [0.15, 0.2) is 48.7 Å². The SMILES string of the molecule is CC(O)c1cccc(Nc2nccc(-c3ccc(C=O)s3)n2)c1. The van der Waals surface area contributed by atoms with Gasteiger partial charge in [0.2, 0.25) is 5.95 Å². The first-order chi connectivity index (χ1) is 11.2. The van der Waals surface area contributed by atoms with Crippen LogP contribution in [-0.2, 0) is 0 Å². The molecule has 0 aliphatic rings. The lowest BCUT2D eigenvalue weighted by molar-refractivity contribution is 0.112. The van der Waals surface area contributed by atoms with E-state index in [2.05, 4.69) is 15.3 Å². The van der Waals surface area contributed by atoms with Crippen molar-refractivity contribution in [2.24, 2.45) is 0 Å². The number of aldehydes is 1. The molecule has 2 heterocycles. The van der Waals surface area contributed by atoms with Crippen LogP contribution in [0.5, 0.6) is 0 Å². The molecule has 5 nitrogen and oxygen atoms in total. The van der Waals surface area contributed by atoms with E-state index in [0.29, 0.717) is 10.8 Å². The van der Waals surface area contributed by atoms with Crippen LogP contribution in [0.3, 0.4) is 0 Å². The summed E-state index contributed by atoms with van der Waals surface area (Å²) in [5.74, 6) is 0.464. The van der Waals surface area contributed by atoms with Crippen LogP contribution >= 0.6 is 11.3 Å². The summed E-state index contributed by atoms with van der Waals surface area (Å²) in [6.07, 6.45) is 1.97. The van der Waals surface area contributed by atoms with Crippen LogP contribution in [0.4, 0.5) is 11.6 Å². The number of hydrogen-bond acceptors (Lipinski definition) is 6. The molecule has 0 fully saturated rings. The number of carbonyl (C=O) groups excluding carboxylic acids is 1. The highest BCUT2D eigenvalue weighted by molar-refractivity contribution is 7.17. The van der Waals surface area contributed by atoms with Gasteiger partial charge in [0, 0.05) is 11.9 Å². The minimum atomic E-state index is -0.531. The van der Waals surface area contributed by atoms with Crippen molar-refractivity contribution in [1.29, 1.82) is 0 Å². The summed E-state index contributed by atoms with van der Waals surface area (Å²) in [6.45, 7) is 1.72. The van der Waals surface area contributed by atoms with Crippen LogP contribution in [-0.4, -0.2) is 21.4 Å². The molecule has 2 aromatic heterocycles. The number of aliphatic hydroxyl groups is 1. The first-order valence-corrected chi connectivity index (χ1v) is 7.91. The standard InChI is InChI=1S/C17H15N3O2S/c1-11(22)12-3-2-4-13(9-12)19-17-18-8-7-15(20-17)16-6-5-14(10-21)23-16/h2-11,22H,1H3,(H,18,19,20). The molecule has 0 amide bonds. The summed E-state index contributed by atoms with van der Waals surface area (Å²) in [4.78, 5) is 21.1. The lowest BCUT2D eigenvalue weighted by atomic mass is 10.1. The van der Waals surface area contributed by atoms with Crippen LogP contribution in [0.25, 0.3) is 10.6 Å². The maximum atomic E-state index is 10.8. The predicted octanol–water partition coefficient (Wildman–Crippen LogP) is 3.81. The third kappa shape index (κ3) is 3.61. The van der Waals surface area contributed by atoms with Gasteiger partial charge in [0.1, 0.15) is 0 Å². The van der Waals surface area contributed by atoms with Gasteiger partial charge >= 0.3 is 0 Å². The maximum Gasteiger partial charge on any atom is 0.227 e. The fourth-order valence-electron chi connectivity index (χ4n) is 2.12. The van der Waals surface area contributed by atoms with E-state index < -0.39 is 6.10 Å². The van der Waals surface area contributed by atoms with Crippen LogP contribution in [0, 0.1) is 0 Å². The molecule has 0 aliphatic carbocycles. The molecule has 3 rings (SSSR count). The van der Waals surface area contributed by atoms with Crippen molar-refractivity contribution in [2.45, 2.75) is 13.0 Å². The summed E-state index contributed by atoms with van der Waals surface area (Å²) in [5.41, 5.74) is 2.38. The zero-order chi connectivity index (χ0) is 16.2. The number of carbonyl (C=O) groups is 1. The second kappa shape index (κ2) is 6.68. The highest BCUT2D eigenvalue weighted by atomic mass is 32.1. The van der Waals surface area contributed by atoms with Gasteiger partial charge in [-0.2, -0.15) is 0 Å². The second-order valence-electron chi connectivity index (χ2n) is 5.01. The van der Waals surface area contributed by atoms with E-state index in [1.807, 2.05) is 30.3 Å². The van der Waals surface area contributed by atoms with Crippen molar-refractivity contribution < 1.29 is 9.90 Å². The molecule has 1 atom stereocenters. The smallest absolute Gasteiger partial charge is 0.227 e. The Balaban J connectivity index is 1.85. The molecule has 0 spiro atoms. The van der Waals surface area contributed by atoms with Crippen molar-refractivity contribution in [2.75, 3.05) is 5.32 Å². The van der Waals surface area contributed by atoms with Gasteiger partial charge in [-0.05, 0) is 42.8 Å². The Hall–Kier alpha value is -2.57. The van der Waals surface area contributed by atoms with Crippen molar-refractivity contribution in [3.05, 3.63) is 59.1 Å². The summed E-state index contributed by atoms with van der Waals surface area (Å²) >= 11 is 1.39. The van der Waals surface area contributed by atoms with E-state index in [4.69, 9.17) is 0 Å². The minimum absolute atomic E-state index is 0.464. The zero-order valence-corrected chi connectivity index (χ0v) is 13.2. The van der Waals surface area contributed by atoms with Gasteiger partial charge in [-0.1, -0.05) is 12.1 Å². The molecule has 116 valence electrons. The lowest BCUT2D eigenvalue weighted by Crippen LogP contribution is -1.99. The van der Waals surface area contributed by atoms with Crippen molar-refractivity contribution in [3.8, 4) is 10.6 Å². The normalized spacial score (nSPS) is 11.9. The van der Waals surface area contributed by atoms with Crippen LogP contribution in [0.2, 0.25) is 0 Å². The van der Waals surface area contributed by atoms with Gasteiger partial charge in [0.05, 0.1) is 21.6 Å². The number of rotatable bonds is 5. The summed E-state index contributed by atoms with van der Waals surface area (Å²) in [5, 5.41) is 12.8. The van der Waals surface area contributed by atoms with Crippen LogP contribution in [0.1, 0.15) is 28.3 Å². The number of nitrogens with zero attached hydrogens (tertiary/aromatic N) is 2. The maximum absolute atomic E-state index is 10.8. The van der Waals surface area contributed by atoms with Crippen molar-refractivity contribution >= 4 is 29.3 Å². The number of hydrogen-bond donors (Lipinski definition) is 2. The van der Waals surface area contributed by atoms with E-state index in [-0.39, 0.29) is 0 Å². The van der Waals surface area contributed by atoms with E-state index in [1.54, 1.807) is 25.3 Å². The third-order valence-electron chi connectivity index (χ3n) is 3.28. The average Bonchev–Trinajstić information content (AvgIpc) is 3.04. The number of benzene rings is 1. The number of thiophene rings is 1. The fourth-order valence-corrected chi connectivity index (χ4v) is 2.91. The monoisotopic (exact) mass is 325 g/mol. The van der Waals surface area contributed by atoms with Crippen LogP contribution < -0.4 is 5.32 Å². The highest BCUT2D eigenvalue weighted by Gasteiger charge is 2.07. The van der Waals surface area contributed by atoms with Gasteiger partial charge in [0.25, 0.3) is 0 Å². The second-order valence-corrected chi connectivity index (χ2v) is 6.13. The van der Waals surface area contributed by atoms with Gasteiger partial charge in [-0.25, -0.2) is 9.97 Å². The molecule has 0 radical (unpaired) electrons. The third-order valence-corrected chi connectivity index (χ3v) is 4.31. The molecule has 0 saturated carbocycles. The molecule has 6 heteroatoms. The molecule has 0 saturated heterocycles. The Morgan fingerprint density at radius 2 is 2.13 bits per heavy atom. The predicted molar refractivity (Wildman–Crippen MR) is 91.1 cm³/mol. The van der Waals surface area contributed by atoms with E-state index in [1.165, 1.54) is 11.3 Å². The molecule has 0 aliphatic heterocycles.